The van der Waals surface area contributed by atoms with Crippen molar-refractivity contribution in [3.8, 4) is 0 Å². The number of Topliss-reactive ketones (excluding diaryl/α,β-unsaturated/α-hetero) is 1. The second-order valence-corrected chi connectivity index (χ2v) is 14.0. The topological polar surface area (TPSA) is 17.1 Å². The molecule has 0 radical (unpaired) electrons. The fourth-order valence-corrected chi connectivity index (χ4v) is 11.0. The van der Waals surface area contributed by atoms with Gasteiger partial charge in [-0.3, -0.25) is 4.79 Å². The van der Waals surface area contributed by atoms with E-state index in [0.717, 1.165) is 31.1 Å². The number of hydrogen-bond acceptors (Lipinski definition) is 1. The number of carbonyl (C=O) groups excluding carboxylic acids is 1. The van der Waals surface area contributed by atoms with E-state index >= 15 is 0 Å². The third-order valence-electron chi connectivity index (χ3n) is 13.2. The molecule has 5 rings (SSSR count). The number of carbonyl (C=O) groups is 1. The van der Waals surface area contributed by atoms with E-state index in [1.807, 2.05) is 6.92 Å². The molecular formula is C28H43F3O. The van der Waals surface area contributed by atoms with Crippen molar-refractivity contribution in [2.45, 2.75) is 112 Å². The predicted molar refractivity (Wildman–Crippen MR) is 121 cm³/mol. The second kappa shape index (κ2) is 6.56. The summed E-state index contributed by atoms with van der Waals surface area (Å²) in [5, 5.41) is 0. The summed E-state index contributed by atoms with van der Waals surface area (Å²) in [6.07, 6.45) is 6.28. The summed E-state index contributed by atoms with van der Waals surface area (Å²) in [5.74, 6) is 0.845. The Morgan fingerprint density at radius 3 is 2.16 bits per heavy atom. The van der Waals surface area contributed by atoms with Crippen LogP contribution in [0.25, 0.3) is 0 Å². The van der Waals surface area contributed by atoms with E-state index in [1.54, 1.807) is 0 Å². The van der Waals surface area contributed by atoms with Crippen LogP contribution in [0.1, 0.15) is 106 Å². The molecule has 9 atom stereocenters. The van der Waals surface area contributed by atoms with Crippen molar-refractivity contribution in [2.24, 2.45) is 56.7 Å². The van der Waals surface area contributed by atoms with E-state index < -0.39 is 12.0 Å². The summed E-state index contributed by atoms with van der Waals surface area (Å²) in [5.41, 5.74) is 1.70. The van der Waals surface area contributed by atoms with E-state index in [0.29, 0.717) is 22.2 Å². The lowest BCUT2D eigenvalue weighted by Crippen LogP contribution is -2.56. The first kappa shape index (κ1) is 23.2. The van der Waals surface area contributed by atoms with Crippen LogP contribution >= 0.6 is 0 Å². The molecule has 2 spiro atoms. The Morgan fingerprint density at radius 1 is 0.875 bits per heavy atom. The van der Waals surface area contributed by atoms with E-state index in [9.17, 15) is 18.0 Å². The SMILES string of the molecule is C[C@H](CC(=O)C(F)(F)F)C1CC[C@@]2(C)C3CCC4C(C)(C)[C@@H](C)CC[C@@]45CC35CC[C@]12C. The fourth-order valence-electron chi connectivity index (χ4n) is 11.0. The van der Waals surface area contributed by atoms with Gasteiger partial charge in [-0.1, -0.05) is 41.5 Å². The molecule has 0 amide bonds. The average Bonchev–Trinajstić information content (AvgIpc) is 3.27. The Bertz CT molecular complexity index is 816. The maximum atomic E-state index is 13.0. The Morgan fingerprint density at radius 2 is 1.50 bits per heavy atom. The van der Waals surface area contributed by atoms with Gasteiger partial charge in [0.1, 0.15) is 0 Å². The maximum Gasteiger partial charge on any atom is 0.449 e. The Balaban J connectivity index is 1.42. The van der Waals surface area contributed by atoms with E-state index in [-0.39, 0.29) is 29.1 Å². The molecule has 182 valence electrons. The molecular weight excluding hydrogens is 409 g/mol. The van der Waals surface area contributed by atoms with Gasteiger partial charge >= 0.3 is 6.18 Å². The summed E-state index contributed by atoms with van der Waals surface area (Å²) in [4.78, 5) is 11.8. The quantitative estimate of drug-likeness (QED) is 0.421. The smallest absolute Gasteiger partial charge is 0.290 e. The van der Waals surface area contributed by atoms with Gasteiger partial charge in [0.2, 0.25) is 5.78 Å². The zero-order valence-electron chi connectivity index (χ0n) is 21.0. The molecule has 0 bridgehead atoms. The molecule has 0 aliphatic heterocycles. The van der Waals surface area contributed by atoms with E-state index in [4.69, 9.17) is 0 Å². The Kier molecular flexibility index (Phi) is 4.76. The van der Waals surface area contributed by atoms with Gasteiger partial charge in [0.15, 0.2) is 0 Å². The highest BCUT2D eigenvalue weighted by molar-refractivity contribution is 5.84. The van der Waals surface area contributed by atoms with Crippen LogP contribution in [0, 0.1) is 56.7 Å². The van der Waals surface area contributed by atoms with Gasteiger partial charge in [0.05, 0.1) is 0 Å². The van der Waals surface area contributed by atoms with Crippen LogP contribution in [0.5, 0.6) is 0 Å². The van der Waals surface area contributed by atoms with Gasteiger partial charge in [0, 0.05) is 6.42 Å². The summed E-state index contributed by atoms with van der Waals surface area (Å²) in [6.45, 7) is 14.3. The van der Waals surface area contributed by atoms with Crippen LogP contribution in [0.4, 0.5) is 13.2 Å². The minimum absolute atomic E-state index is 0.0578. The molecule has 5 saturated carbocycles. The normalized spacial score (nSPS) is 52.3. The number of halogens is 3. The molecule has 4 heteroatoms. The molecule has 1 nitrogen and oxygen atoms in total. The van der Waals surface area contributed by atoms with Gasteiger partial charge in [-0.15, -0.1) is 0 Å². The third kappa shape index (κ3) is 2.62. The molecule has 0 aromatic heterocycles. The van der Waals surface area contributed by atoms with Gasteiger partial charge in [-0.2, -0.15) is 13.2 Å². The van der Waals surface area contributed by atoms with Crippen LogP contribution in [0.3, 0.4) is 0 Å². The Hall–Kier alpha value is -0.540. The number of hydrogen-bond donors (Lipinski definition) is 0. The third-order valence-corrected chi connectivity index (χ3v) is 13.2. The van der Waals surface area contributed by atoms with E-state index in [2.05, 4.69) is 34.6 Å². The molecule has 0 saturated heterocycles. The maximum absolute atomic E-state index is 13.0. The van der Waals surface area contributed by atoms with Crippen LogP contribution in [-0.4, -0.2) is 12.0 Å². The molecule has 5 aliphatic rings. The highest BCUT2D eigenvalue weighted by Crippen LogP contribution is 2.89. The molecule has 5 fully saturated rings. The molecule has 0 aromatic carbocycles. The average molecular weight is 453 g/mol. The van der Waals surface area contributed by atoms with Gasteiger partial charge < -0.3 is 0 Å². The number of ketones is 1. The lowest BCUT2D eigenvalue weighted by Gasteiger charge is -2.63. The molecule has 5 aliphatic carbocycles. The largest absolute Gasteiger partial charge is 0.449 e. The van der Waals surface area contributed by atoms with Crippen LogP contribution < -0.4 is 0 Å². The van der Waals surface area contributed by atoms with Crippen molar-refractivity contribution < 1.29 is 18.0 Å². The highest BCUT2D eigenvalue weighted by Gasteiger charge is 2.81. The first-order valence-electron chi connectivity index (χ1n) is 13.3. The number of alkyl halides is 3. The van der Waals surface area contributed by atoms with Gasteiger partial charge in [-0.25, -0.2) is 0 Å². The predicted octanol–water partition coefficient (Wildman–Crippen LogP) is 8.22. The minimum Gasteiger partial charge on any atom is -0.290 e. The first-order chi connectivity index (χ1) is 14.7. The number of fused-ring (bicyclic) bond motifs is 2. The summed E-state index contributed by atoms with van der Waals surface area (Å²) < 4.78 is 38.9. The first-order valence-corrected chi connectivity index (χ1v) is 13.3. The van der Waals surface area contributed by atoms with Crippen molar-refractivity contribution in [3.63, 3.8) is 0 Å². The fraction of sp³-hybridized carbons (Fsp3) is 0.964. The second-order valence-electron chi connectivity index (χ2n) is 14.0. The van der Waals surface area contributed by atoms with Gasteiger partial charge in [0.25, 0.3) is 0 Å². The number of rotatable bonds is 3. The summed E-state index contributed by atoms with van der Waals surface area (Å²) in [7, 11) is 0. The zero-order chi connectivity index (χ0) is 23.5. The standard InChI is InChI=1S/C28H43F3O/c1-17(15-22(32)28(29,30)31)19-10-11-25(6)21-8-7-20-23(3,4)18(2)9-12-26(20)16-27(21,26)14-13-24(19,25)5/h17-21H,7-16H2,1-6H3/t17-,18+,19?,20?,21?,24-,25+,26-,27?/m1/s1. The molecule has 0 heterocycles. The summed E-state index contributed by atoms with van der Waals surface area (Å²) >= 11 is 0. The summed E-state index contributed by atoms with van der Waals surface area (Å²) in [6, 6.07) is 0. The van der Waals surface area contributed by atoms with Crippen molar-refractivity contribution in [1.82, 2.24) is 0 Å². The van der Waals surface area contributed by atoms with Crippen molar-refractivity contribution in [2.75, 3.05) is 0 Å². The lowest BCUT2D eigenvalue weighted by molar-refractivity contribution is -0.174. The molecule has 32 heavy (non-hydrogen) atoms. The van der Waals surface area contributed by atoms with Crippen molar-refractivity contribution in [1.29, 1.82) is 0 Å². The van der Waals surface area contributed by atoms with Gasteiger partial charge in [-0.05, 0) is 114 Å². The van der Waals surface area contributed by atoms with Crippen LogP contribution in [-0.2, 0) is 4.79 Å². The van der Waals surface area contributed by atoms with Crippen LogP contribution in [0.2, 0.25) is 0 Å². The highest BCUT2D eigenvalue weighted by atomic mass is 19.4. The zero-order valence-corrected chi connectivity index (χ0v) is 21.0. The molecule has 4 unspecified atom stereocenters. The van der Waals surface area contributed by atoms with Crippen LogP contribution in [0.15, 0.2) is 0 Å². The monoisotopic (exact) mass is 452 g/mol. The Labute approximate surface area is 192 Å². The van der Waals surface area contributed by atoms with E-state index in [1.165, 1.54) is 38.5 Å². The lowest BCUT2D eigenvalue weighted by atomic mass is 9.41. The minimum atomic E-state index is -4.70. The van der Waals surface area contributed by atoms with Crippen molar-refractivity contribution >= 4 is 5.78 Å². The molecule has 0 N–H and O–H groups in total. The molecule has 0 aromatic rings. The van der Waals surface area contributed by atoms with Crippen molar-refractivity contribution in [3.05, 3.63) is 0 Å².